The topological polar surface area (TPSA) is 73.9 Å². The largest absolute Gasteiger partial charge is 0.436 e. The first kappa shape index (κ1) is 13.1. The van der Waals surface area contributed by atoms with Crippen LogP contribution >= 0.6 is 22.9 Å². The van der Waals surface area contributed by atoms with Crippen molar-refractivity contribution in [1.29, 1.82) is 0 Å². The first-order valence-electron chi connectivity index (χ1n) is 6.00. The Hall–Kier alpha value is -1.92. The Morgan fingerprint density at radius 2 is 2.15 bits per heavy atom. The Balaban J connectivity index is 2.08. The lowest BCUT2D eigenvalue weighted by Crippen LogP contribution is -1.97. The van der Waals surface area contributed by atoms with E-state index in [1.807, 2.05) is 6.07 Å². The fraction of sp³-hybridized carbons (Fsp3) is 0.154. The molecular formula is C13H11ClN4OS. The van der Waals surface area contributed by atoms with Gasteiger partial charge in [-0.05, 0) is 12.5 Å². The first-order valence-corrected chi connectivity index (χ1v) is 7.19. The van der Waals surface area contributed by atoms with Crippen LogP contribution < -0.4 is 10.5 Å². The monoisotopic (exact) mass is 306 g/mol. The average molecular weight is 307 g/mol. The minimum atomic E-state index is 0.187. The lowest BCUT2D eigenvalue weighted by Gasteiger charge is -2.06. The molecule has 3 rings (SSSR count). The van der Waals surface area contributed by atoms with Gasteiger partial charge in [0.2, 0.25) is 11.8 Å². The molecule has 0 spiro atoms. The zero-order valence-electron chi connectivity index (χ0n) is 10.6. The molecule has 20 heavy (non-hydrogen) atoms. The van der Waals surface area contributed by atoms with Crippen molar-refractivity contribution in [1.82, 2.24) is 15.0 Å². The molecule has 0 aromatic carbocycles. The van der Waals surface area contributed by atoms with E-state index in [1.165, 1.54) is 11.1 Å². The van der Waals surface area contributed by atoms with Crippen LogP contribution in [0.1, 0.15) is 11.8 Å². The summed E-state index contributed by atoms with van der Waals surface area (Å²) in [6.07, 6.45) is 4.04. The molecule has 3 heterocycles. The lowest BCUT2D eigenvalue weighted by molar-refractivity contribution is 0.467. The van der Waals surface area contributed by atoms with E-state index in [0.29, 0.717) is 16.7 Å². The molecule has 0 unspecified atom stereocenters. The number of thiophene rings is 1. The number of aromatic nitrogens is 3. The number of nitrogens with zero attached hydrogens (tertiary/aromatic N) is 3. The maximum absolute atomic E-state index is 5.89. The van der Waals surface area contributed by atoms with Gasteiger partial charge in [0.15, 0.2) is 0 Å². The maximum atomic E-state index is 5.89. The zero-order valence-corrected chi connectivity index (χ0v) is 12.2. The fourth-order valence-electron chi connectivity index (χ4n) is 1.77. The third-order valence-corrected chi connectivity index (χ3v) is 4.05. The van der Waals surface area contributed by atoms with Crippen molar-refractivity contribution in [3.8, 4) is 11.6 Å². The van der Waals surface area contributed by atoms with Gasteiger partial charge in [0.1, 0.15) is 10.6 Å². The number of pyridine rings is 1. The molecule has 0 saturated heterocycles. The van der Waals surface area contributed by atoms with Gasteiger partial charge >= 0.3 is 0 Å². The highest BCUT2D eigenvalue weighted by Crippen LogP contribution is 2.33. The van der Waals surface area contributed by atoms with Gasteiger partial charge < -0.3 is 10.5 Å². The van der Waals surface area contributed by atoms with E-state index >= 15 is 0 Å². The van der Waals surface area contributed by atoms with E-state index in [4.69, 9.17) is 22.1 Å². The number of aryl methyl sites for hydroxylation is 1. The Morgan fingerprint density at radius 3 is 2.90 bits per heavy atom. The summed E-state index contributed by atoms with van der Waals surface area (Å²) in [6.45, 7) is 2.09. The van der Waals surface area contributed by atoms with Crippen LogP contribution in [0.5, 0.6) is 11.6 Å². The van der Waals surface area contributed by atoms with Gasteiger partial charge in [0.25, 0.3) is 0 Å². The zero-order chi connectivity index (χ0) is 14.1. The molecule has 0 aliphatic rings. The first-order chi connectivity index (χ1) is 9.65. The number of hydrogen-bond donors (Lipinski definition) is 1. The Bertz CT molecular complexity index is 774. The van der Waals surface area contributed by atoms with Gasteiger partial charge in [0, 0.05) is 17.1 Å². The molecule has 0 amide bonds. The van der Waals surface area contributed by atoms with Gasteiger partial charge in [-0.3, -0.25) is 4.98 Å². The number of ether oxygens (including phenoxy) is 1. The highest BCUT2D eigenvalue weighted by atomic mass is 35.5. The van der Waals surface area contributed by atoms with Crippen molar-refractivity contribution < 1.29 is 4.74 Å². The normalized spacial score (nSPS) is 10.9. The van der Waals surface area contributed by atoms with Crippen molar-refractivity contribution in [2.24, 2.45) is 0 Å². The molecule has 102 valence electrons. The van der Waals surface area contributed by atoms with E-state index < -0.39 is 0 Å². The van der Waals surface area contributed by atoms with E-state index in [1.54, 1.807) is 23.6 Å². The van der Waals surface area contributed by atoms with Crippen molar-refractivity contribution in [2.75, 3.05) is 5.73 Å². The Morgan fingerprint density at radius 1 is 1.30 bits per heavy atom. The molecule has 2 N–H and O–H groups in total. The number of halogens is 1. The third-order valence-electron chi connectivity index (χ3n) is 2.67. The highest BCUT2D eigenvalue weighted by molar-refractivity contribution is 7.18. The quantitative estimate of drug-likeness (QED) is 0.799. The molecule has 0 fully saturated rings. The van der Waals surface area contributed by atoms with Gasteiger partial charge in [0.05, 0.1) is 16.6 Å². The number of hydrogen-bond acceptors (Lipinski definition) is 6. The van der Waals surface area contributed by atoms with Gasteiger partial charge in [-0.25, -0.2) is 4.98 Å². The Kier molecular flexibility index (Phi) is 3.42. The number of nitrogen functional groups attached to an aromatic ring is 1. The predicted molar refractivity (Wildman–Crippen MR) is 80.5 cm³/mol. The lowest BCUT2D eigenvalue weighted by atomic mass is 10.3. The van der Waals surface area contributed by atoms with Crippen LogP contribution in [0.3, 0.4) is 0 Å². The molecule has 0 aliphatic carbocycles. The smallest absolute Gasteiger partial charge is 0.232 e. The van der Waals surface area contributed by atoms with Gasteiger partial charge in [-0.2, -0.15) is 4.98 Å². The van der Waals surface area contributed by atoms with Crippen LogP contribution in [0.4, 0.5) is 5.95 Å². The summed E-state index contributed by atoms with van der Waals surface area (Å²) >= 11 is 7.48. The van der Waals surface area contributed by atoms with E-state index in [2.05, 4.69) is 21.9 Å². The minimum Gasteiger partial charge on any atom is -0.436 e. The molecule has 7 heteroatoms. The summed E-state index contributed by atoms with van der Waals surface area (Å²) in [5.41, 5.74) is 5.72. The number of rotatable bonds is 3. The molecular weight excluding hydrogens is 296 g/mol. The summed E-state index contributed by atoms with van der Waals surface area (Å²) in [5, 5.41) is 1.35. The average Bonchev–Trinajstić information content (AvgIpc) is 2.82. The number of fused-ring (bicyclic) bond motifs is 1. The van der Waals surface area contributed by atoms with Crippen molar-refractivity contribution in [2.45, 2.75) is 13.3 Å². The van der Waals surface area contributed by atoms with Crippen molar-refractivity contribution in [3.63, 3.8) is 0 Å². The van der Waals surface area contributed by atoms with E-state index in [-0.39, 0.29) is 5.95 Å². The molecule has 0 aliphatic heterocycles. The molecule has 0 radical (unpaired) electrons. The molecule has 5 nitrogen and oxygen atoms in total. The van der Waals surface area contributed by atoms with Crippen molar-refractivity contribution >= 4 is 39.1 Å². The van der Waals surface area contributed by atoms with Crippen LogP contribution in [0.25, 0.3) is 10.2 Å². The third kappa shape index (κ3) is 2.52. The molecule has 0 atom stereocenters. The highest BCUT2D eigenvalue weighted by Gasteiger charge is 2.12. The standard InChI is InChI=1S/C13H11ClN4OS/c1-2-9-4-10-11(17-13(15)18-12(10)20-9)19-8-3-7(14)5-16-6-8/h3-6H,2H2,1H3,(H2,15,17,18). The summed E-state index contributed by atoms with van der Waals surface area (Å²) in [7, 11) is 0. The van der Waals surface area contributed by atoms with Crippen LogP contribution in [0, 0.1) is 0 Å². The second-order valence-corrected chi connectivity index (χ2v) is 5.66. The van der Waals surface area contributed by atoms with Crippen LogP contribution in [-0.2, 0) is 6.42 Å². The molecule has 0 saturated carbocycles. The number of anilines is 1. The fourth-order valence-corrected chi connectivity index (χ4v) is 2.90. The predicted octanol–water partition coefficient (Wildman–Crippen LogP) is 3.68. The van der Waals surface area contributed by atoms with Crippen LogP contribution in [0.2, 0.25) is 5.02 Å². The SMILES string of the molecule is CCc1cc2c(Oc3cncc(Cl)c3)nc(N)nc2s1. The molecule has 3 aromatic rings. The summed E-state index contributed by atoms with van der Waals surface area (Å²) in [6, 6.07) is 3.69. The second kappa shape index (κ2) is 5.22. The van der Waals surface area contributed by atoms with E-state index in [0.717, 1.165) is 16.6 Å². The van der Waals surface area contributed by atoms with Gasteiger partial charge in [-0.15, -0.1) is 11.3 Å². The van der Waals surface area contributed by atoms with E-state index in [9.17, 15) is 0 Å². The summed E-state index contributed by atoms with van der Waals surface area (Å²) < 4.78 is 5.74. The molecule has 3 aromatic heterocycles. The van der Waals surface area contributed by atoms with Crippen LogP contribution in [-0.4, -0.2) is 15.0 Å². The molecule has 0 bridgehead atoms. The summed E-state index contributed by atoms with van der Waals surface area (Å²) in [4.78, 5) is 14.4. The van der Waals surface area contributed by atoms with Crippen LogP contribution in [0.15, 0.2) is 24.5 Å². The Labute approximate surface area is 124 Å². The number of nitrogens with two attached hydrogens (primary N) is 1. The van der Waals surface area contributed by atoms with Gasteiger partial charge in [-0.1, -0.05) is 18.5 Å². The minimum absolute atomic E-state index is 0.187. The second-order valence-electron chi connectivity index (χ2n) is 4.11. The summed E-state index contributed by atoms with van der Waals surface area (Å²) in [5.74, 6) is 1.13. The maximum Gasteiger partial charge on any atom is 0.232 e. The van der Waals surface area contributed by atoms with Crippen molar-refractivity contribution in [3.05, 3.63) is 34.4 Å².